The Bertz CT molecular complexity index is 523. The average Bonchev–Trinajstić information content (AvgIpc) is 3.21. The van der Waals surface area contributed by atoms with Crippen molar-refractivity contribution < 1.29 is 4.79 Å². The first-order valence-corrected chi connectivity index (χ1v) is 8.07. The molecular weight excluding hydrogens is 300 g/mol. The fourth-order valence-electron chi connectivity index (χ4n) is 2.92. The zero-order valence-electron chi connectivity index (χ0n) is 13.8. The molecule has 3 rings (SSSR count). The first-order valence-electron chi connectivity index (χ1n) is 8.07. The van der Waals surface area contributed by atoms with Crippen LogP contribution in [-0.2, 0) is 5.54 Å². The number of aromatic nitrogens is 2. The second-order valence-corrected chi connectivity index (χ2v) is 7.21. The molecule has 1 aromatic rings. The first-order chi connectivity index (χ1) is 9.97. The molecular formula is C16H27ClN4O. The zero-order valence-corrected chi connectivity index (χ0v) is 14.6. The van der Waals surface area contributed by atoms with Crippen LogP contribution in [0.3, 0.4) is 0 Å². The molecule has 2 aliphatic rings. The van der Waals surface area contributed by atoms with Crippen molar-refractivity contribution in [3.8, 4) is 0 Å². The van der Waals surface area contributed by atoms with Gasteiger partial charge in [0.05, 0.1) is 5.54 Å². The van der Waals surface area contributed by atoms with Crippen molar-refractivity contribution in [2.24, 2.45) is 0 Å². The molecule has 22 heavy (non-hydrogen) atoms. The van der Waals surface area contributed by atoms with E-state index in [4.69, 9.17) is 0 Å². The van der Waals surface area contributed by atoms with Gasteiger partial charge in [-0.2, -0.15) is 5.10 Å². The Morgan fingerprint density at radius 3 is 2.64 bits per heavy atom. The Kier molecular flexibility index (Phi) is 5.17. The van der Waals surface area contributed by atoms with Crippen molar-refractivity contribution in [1.82, 2.24) is 20.0 Å². The van der Waals surface area contributed by atoms with Gasteiger partial charge in [-0.15, -0.1) is 12.4 Å². The van der Waals surface area contributed by atoms with E-state index < -0.39 is 0 Å². The zero-order chi connectivity index (χ0) is 15.0. The van der Waals surface area contributed by atoms with Gasteiger partial charge >= 0.3 is 0 Å². The van der Waals surface area contributed by atoms with Crippen LogP contribution in [0.5, 0.6) is 0 Å². The molecule has 1 saturated carbocycles. The van der Waals surface area contributed by atoms with Gasteiger partial charge in [0, 0.05) is 31.2 Å². The van der Waals surface area contributed by atoms with E-state index in [1.807, 2.05) is 11.0 Å². The van der Waals surface area contributed by atoms with Crippen LogP contribution < -0.4 is 5.32 Å². The molecule has 2 fully saturated rings. The van der Waals surface area contributed by atoms with Gasteiger partial charge in [0.1, 0.15) is 0 Å². The Hall–Kier alpha value is -1.07. The van der Waals surface area contributed by atoms with E-state index in [1.54, 1.807) is 0 Å². The summed E-state index contributed by atoms with van der Waals surface area (Å²) in [6, 6.07) is 2.03. The quantitative estimate of drug-likeness (QED) is 0.907. The van der Waals surface area contributed by atoms with Gasteiger partial charge < -0.3 is 10.2 Å². The second-order valence-electron chi connectivity index (χ2n) is 7.21. The highest BCUT2D eigenvalue weighted by atomic mass is 35.5. The van der Waals surface area contributed by atoms with Crippen LogP contribution in [-0.4, -0.2) is 46.8 Å². The van der Waals surface area contributed by atoms with Crippen molar-refractivity contribution in [1.29, 1.82) is 0 Å². The molecule has 1 N–H and O–H groups in total. The monoisotopic (exact) mass is 326 g/mol. The van der Waals surface area contributed by atoms with Crippen molar-refractivity contribution in [3.63, 3.8) is 0 Å². The minimum absolute atomic E-state index is 0. The van der Waals surface area contributed by atoms with E-state index in [0.717, 1.165) is 32.6 Å². The lowest BCUT2D eigenvalue weighted by molar-refractivity contribution is 0.0758. The normalized spacial score (nSPS) is 19.5. The number of carbonyl (C=O) groups is 1. The van der Waals surface area contributed by atoms with E-state index in [0.29, 0.717) is 11.6 Å². The van der Waals surface area contributed by atoms with Crippen molar-refractivity contribution in [3.05, 3.63) is 17.5 Å². The third-order valence-electron chi connectivity index (χ3n) is 4.21. The van der Waals surface area contributed by atoms with Crippen LogP contribution in [0.1, 0.15) is 62.1 Å². The molecule has 0 atom stereocenters. The lowest BCUT2D eigenvalue weighted by Crippen LogP contribution is -2.34. The van der Waals surface area contributed by atoms with E-state index in [1.165, 1.54) is 18.5 Å². The molecule has 5 nitrogen and oxygen atoms in total. The van der Waals surface area contributed by atoms with Crippen LogP contribution >= 0.6 is 12.4 Å². The topological polar surface area (TPSA) is 50.2 Å². The second kappa shape index (κ2) is 6.59. The molecule has 0 spiro atoms. The van der Waals surface area contributed by atoms with E-state index >= 15 is 0 Å². The lowest BCUT2D eigenvalue weighted by atomic mass is 10.1. The van der Waals surface area contributed by atoms with Crippen LogP contribution in [0.25, 0.3) is 0 Å². The summed E-state index contributed by atoms with van der Waals surface area (Å²) in [6.45, 7) is 9.92. The molecule has 0 aromatic carbocycles. The maximum atomic E-state index is 12.7. The van der Waals surface area contributed by atoms with Gasteiger partial charge in [0.25, 0.3) is 5.91 Å². The van der Waals surface area contributed by atoms with Crippen LogP contribution in [0, 0.1) is 0 Å². The summed E-state index contributed by atoms with van der Waals surface area (Å²) in [5.41, 5.74) is 1.78. The fourth-order valence-corrected chi connectivity index (χ4v) is 2.92. The van der Waals surface area contributed by atoms with Crippen molar-refractivity contribution >= 4 is 18.3 Å². The Morgan fingerprint density at radius 1 is 1.27 bits per heavy atom. The molecule has 124 valence electrons. The summed E-state index contributed by atoms with van der Waals surface area (Å²) in [4.78, 5) is 14.6. The molecule has 1 aromatic heterocycles. The van der Waals surface area contributed by atoms with Gasteiger partial charge in [0.2, 0.25) is 0 Å². The number of hydrogen-bond acceptors (Lipinski definition) is 3. The molecule has 2 heterocycles. The third kappa shape index (κ3) is 3.63. The van der Waals surface area contributed by atoms with E-state index in [2.05, 4.69) is 35.9 Å². The number of amides is 1. The Labute approximate surface area is 138 Å². The van der Waals surface area contributed by atoms with Crippen LogP contribution in [0.15, 0.2) is 6.07 Å². The van der Waals surface area contributed by atoms with Crippen LogP contribution in [0.2, 0.25) is 0 Å². The largest absolute Gasteiger partial charge is 0.336 e. The SMILES string of the molecule is CC(C)(C)n1nc(C(=O)N2CCCNCC2)cc1C1CC1.Cl. The average molecular weight is 327 g/mol. The standard InChI is InChI=1S/C16H26N4O.ClH/c1-16(2,3)20-14(12-5-6-12)11-13(18-20)15(21)19-9-4-7-17-8-10-19;/h11-12,17H,4-10H2,1-3H3;1H. The molecule has 6 heteroatoms. The molecule has 0 bridgehead atoms. The Morgan fingerprint density at radius 2 is 2.00 bits per heavy atom. The van der Waals surface area contributed by atoms with Gasteiger partial charge in [-0.05, 0) is 52.6 Å². The minimum Gasteiger partial charge on any atom is -0.336 e. The molecule has 0 radical (unpaired) electrons. The summed E-state index contributed by atoms with van der Waals surface area (Å²) in [5.74, 6) is 0.688. The summed E-state index contributed by atoms with van der Waals surface area (Å²) >= 11 is 0. The Balaban J connectivity index is 0.00000176. The van der Waals surface area contributed by atoms with Gasteiger partial charge in [0.15, 0.2) is 5.69 Å². The maximum absolute atomic E-state index is 12.7. The summed E-state index contributed by atoms with van der Waals surface area (Å²) < 4.78 is 2.06. The fraction of sp³-hybridized carbons (Fsp3) is 0.750. The highest BCUT2D eigenvalue weighted by molar-refractivity contribution is 5.92. The number of carbonyl (C=O) groups excluding carboxylic acids is 1. The molecule has 1 aliphatic carbocycles. The number of hydrogen-bond donors (Lipinski definition) is 1. The maximum Gasteiger partial charge on any atom is 0.274 e. The first kappa shape index (κ1) is 17.3. The van der Waals surface area contributed by atoms with E-state index in [9.17, 15) is 4.79 Å². The van der Waals surface area contributed by atoms with Crippen LogP contribution in [0.4, 0.5) is 0 Å². The molecule has 1 amide bonds. The molecule has 1 saturated heterocycles. The molecule has 0 unspecified atom stereocenters. The predicted molar refractivity (Wildman–Crippen MR) is 89.8 cm³/mol. The van der Waals surface area contributed by atoms with Gasteiger partial charge in [-0.1, -0.05) is 0 Å². The number of halogens is 1. The highest BCUT2D eigenvalue weighted by Gasteiger charge is 2.33. The summed E-state index contributed by atoms with van der Waals surface area (Å²) in [7, 11) is 0. The smallest absolute Gasteiger partial charge is 0.274 e. The lowest BCUT2D eigenvalue weighted by Gasteiger charge is -2.22. The van der Waals surface area contributed by atoms with Crippen molar-refractivity contribution in [2.75, 3.05) is 26.2 Å². The van der Waals surface area contributed by atoms with Gasteiger partial charge in [-0.3, -0.25) is 9.48 Å². The summed E-state index contributed by atoms with van der Waals surface area (Å²) in [6.07, 6.45) is 3.47. The highest BCUT2D eigenvalue weighted by Crippen LogP contribution is 2.41. The predicted octanol–water partition coefficient (Wildman–Crippen LogP) is 2.37. The number of rotatable bonds is 2. The summed E-state index contributed by atoms with van der Waals surface area (Å²) in [5, 5.41) is 7.99. The molecule has 1 aliphatic heterocycles. The minimum atomic E-state index is -0.0726. The number of nitrogens with one attached hydrogen (secondary N) is 1. The van der Waals surface area contributed by atoms with Gasteiger partial charge in [-0.25, -0.2) is 0 Å². The van der Waals surface area contributed by atoms with E-state index in [-0.39, 0.29) is 23.9 Å². The van der Waals surface area contributed by atoms with Crippen molar-refractivity contribution in [2.45, 2.75) is 51.5 Å². The third-order valence-corrected chi connectivity index (χ3v) is 4.21. The number of nitrogens with zero attached hydrogens (tertiary/aromatic N) is 3.